The number of carbonyl (C=O) groups excluding carboxylic acids is 2. The van der Waals surface area contributed by atoms with Crippen LogP contribution in [-0.4, -0.2) is 32.1 Å². The SMILES string of the molecule is Cc1ccc(C2C3=C(CC(C)(C)CC3=O)Nc3nc(SCC(=O)c4ccccc4)nn32)cc1. The highest BCUT2D eigenvalue weighted by molar-refractivity contribution is 7.99. The molecule has 0 bridgehead atoms. The van der Waals surface area contributed by atoms with E-state index in [1.807, 2.05) is 37.3 Å². The van der Waals surface area contributed by atoms with Gasteiger partial charge < -0.3 is 5.32 Å². The van der Waals surface area contributed by atoms with E-state index in [0.29, 0.717) is 23.1 Å². The summed E-state index contributed by atoms with van der Waals surface area (Å²) >= 11 is 1.31. The molecule has 3 aromatic rings. The first-order valence-electron chi connectivity index (χ1n) is 11.1. The van der Waals surface area contributed by atoms with Gasteiger partial charge in [-0.15, -0.1) is 5.10 Å². The number of anilines is 1. The van der Waals surface area contributed by atoms with Gasteiger partial charge in [0.1, 0.15) is 6.04 Å². The molecule has 0 fully saturated rings. The molecule has 1 N–H and O–H groups in total. The Morgan fingerprint density at radius 3 is 2.58 bits per heavy atom. The van der Waals surface area contributed by atoms with E-state index in [2.05, 4.69) is 48.4 Å². The minimum Gasteiger partial charge on any atom is -0.328 e. The lowest BCUT2D eigenvalue weighted by atomic mass is 9.73. The number of thioether (sulfide) groups is 1. The van der Waals surface area contributed by atoms with Gasteiger partial charge >= 0.3 is 0 Å². The van der Waals surface area contributed by atoms with Gasteiger partial charge in [-0.2, -0.15) is 4.98 Å². The second kappa shape index (κ2) is 8.30. The van der Waals surface area contributed by atoms with E-state index in [4.69, 9.17) is 5.10 Å². The highest BCUT2D eigenvalue weighted by atomic mass is 32.2. The van der Waals surface area contributed by atoms with Crippen molar-refractivity contribution in [1.29, 1.82) is 0 Å². The Labute approximate surface area is 197 Å². The van der Waals surface area contributed by atoms with Crippen LogP contribution in [0.2, 0.25) is 0 Å². The number of nitrogens with zero attached hydrogens (tertiary/aromatic N) is 3. The Bertz CT molecular complexity index is 1260. The maximum atomic E-state index is 13.3. The van der Waals surface area contributed by atoms with Crippen LogP contribution in [0, 0.1) is 12.3 Å². The van der Waals surface area contributed by atoms with Crippen LogP contribution >= 0.6 is 11.8 Å². The van der Waals surface area contributed by atoms with Crippen LogP contribution in [0.1, 0.15) is 54.2 Å². The normalized spacial score (nSPS) is 19.0. The average molecular weight is 459 g/mol. The van der Waals surface area contributed by atoms with Gasteiger partial charge in [0.2, 0.25) is 11.1 Å². The molecule has 2 aliphatic rings. The fourth-order valence-corrected chi connectivity index (χ4v) is 5.27. The molecule has 2 aromatic carbocycles. The predicted octanol–water partition coefficient (Wildman–Crippen LogP) is 5.22. The number of allylic oxidation sites excluding steroid dienone is 2. The molecule has 0 saturated carbocycles. The Kier molecular flexibility index (Phi) is 5.44. The van der Waals surface area contributed by atoms with E-state index in [1.165, 1.54) is 11.8 Å². The summed E-state index contributed by atoms with van der Waals surface area (Å²) in [4.78, 5) is 30.5. The van der Waals surface area contributed by atoms with Crippen molar-refractivity contribution in [3.8, 4) is 0 Å². The number of aryl methyl sites for hydroxylation is 1. The zero-order valence-corrected chi connectivity index (χ0v) is 19.8. The lowest BCUT2D eigenvalue weighted by Gasteiger charge is -2.38. The van der Waals surface area contributed by atoms with Gasteiger partial charge in [0.05, 0.1) is 5.75 Å². The van der Waals surface area contributed by atoms with E-state index in [9.17, 15) is 9.59 Å². The van der Waals surface area contributed by atoms with Gasteiger partial charge in [-0.25, -0.2) is 4.68 Å². The van der Waals surface area contributed by atoms with Gasteiger partial charge in [0.25, 0.3) is 0 Å². The summed E-state index contributed by atoms with van der Waals surface area (Å²) in [6.07, 6.45) is 1.28. The summed E-state index contributed by atoms with van der Waals surface area (Å²) in [5.41, 5.74) is 4.43. The molecule has 0 amide bonds. The zero-order valence-electron chi connectivity index (χ0n) is 19.0. The minimum absolute atomic E-state index is 0.0331. The zero-order chi connectivity index (χ0) is 23.2. The maximum Gasteiger partial charge on any atom is 0.227 e. The molecule has 1 unspecified atom stereocenters. The smallest absolute Gasteiger partial charge is 0.227 e. The first-order chi connectivity index (χ1) is 15.8. The molecule has 1 aliphatic carbocycles. The number of rotatable bonds is 5. The van der Waals surface area contributed by atoms with Crippen LogP contribution in [0.15, 0.2) is 71.0 Å². The van der Waals surface area contributed by atoms with Crippen LogP contribution in [0.3, 0.4) is 0 Å². The molecule has 7 heteroatoms. The quantitative estimate of drug-likeness (QED) is 0.417. The van der Waals surface area contributed by atoms with E-state index in [0.717, 1.165) is 28.8 Å². The van der Waals surface area contributed by atoms with Crippen molar-refractivity contribution >= 4 is 29.3 Å². The van der Waals surface area contributed by atoms with Crippen molar-refractivity contribution in [2.45, 2.75) is 44.8 Å². The Morgan fingerprint density at radius 2 is 1.85 bits per heavy atom. The molecule has 168 valence electrons. The third-order valence-corrected chi connectivity index (χ3v) is 6.97. The predicted molar refractivity (Wildman–Crippen MR) is 130 cm³/mol. The molecule has 0 spiro atoms. The van der Waals surface area contributed by atoms with E-state index < -0.39 is 0 Å². The van der Waals surface area contributed by atoms with Crippen molar-refractivity contribution in [2.24, 2.45) is 5.41 Å². The summed E-state index contributed by atoms with van der Waals surface area (Å²) in [5.74, 6) is 1.04. The average Bonchev–Trinajstić information content (AvgIpc) is 3.19. The van der Waals surface area contributed by atoms with Crippen LogP contribution < -0.4 is 5.32 Å². The fraction of sp³-hybridized carbons (Fsp3) is 0.308. The Morgan fingerprint density at radius 1 is 1.12 bits per heavy atom. The van der Waals surface area contributed by atoms with E-state index in [1.54, 1.807) is 4.68 Å². The summed E-state index contributed by atoms with van der Waals surface area (Å²) in [5, 5.41) is 8.63. The van der Waals surface area contributed by atoms with Crippen molar-refractivity contribution in [3.63, 3.8) is 0 Å². The lowest BCUT2D eigenvalue weighted by Crippen LogP contribution is -2.36. The standard InChI is InChI=1S/C26H26N4O2S/c1-16-9-11-18(12-10-16)23-22-19(13-26(2,3)14-20(22)31)27-24-28-25(29-30(23)24)33-15-21(32)17-7-5-4-6-8-17/h4-12,23H,13-15H2,1-3H3,(H,27,28,29). The molecule has 6 nitrogen and oxygen atoms in total. The van der Waals surface area contributed by atoms with Gasteiger partial charge in [0, 0.05) is 23.3 Å². The van der Waals surface area contributed by atoms with Gasteiger partial charge in [-0.3, -0.25) is 9.59 Å². The first-order valence-corrected chi connectivity index (χ1v) is 12.1. The molecule has 1 atom stereocenters. The van der Waals surface area contributed by atoms with Crippen molar-refractivity contribution in [2.75, 3.05) is 11.1 Å². The van der Waals surface area contributed by atoms with Gasteiger partial charge in [-0.1, -0.05) is 85.8 Å². The van der Waals surface area contributed by atoms with Crippen molar-refractivity contribution in [3.05, 3.63) is 82.6 Å². The largest absolute Gasteiger partial charge is 0.328 e. The molecule has 5 rings (SSSR count). The van der Waals surface area contributed by atoms with Crippen molar-refractivity contribution in [1.82, 2.24) is 14.8 Å². The van der Waals surface area contributed by atoms with Crippen LogP contribution in [0.5, 0.6) is 0 Å². The Hall–Kier alpha value is -3.19. The number of nitrogens with one attached hydrogen (secondary N) is 1. The topological polar surface area (TPSA) is 76.9 Å². The van der Waals surface area contributed by atoms with Gasteiger partial charge in [-0.05, 0) is 24.3 Å². The highest BCUT2D eigenvalue weighted by Crippen LogP contribution is 2.45. The Balaban J connectivity index is 1.49. The lowest BCUT2D eigenvalue weighted by molar-refractivity contribution is -0.118. The molecule has 2 heterocycles. The molecule has 0 radical (unpaired) electrons. The van der Waals surface area contributed by atoms with E-state index in [-0.39, 0.29) is 28.8 Å². The number of carbonyl (C=O) groups is 2. The van der Waals surface area contributed by atoms with Crippen LogP contribution in [0.4, 0.5) is 5.95 Å². The number of Topliss-reactive ketones (excluding diaryl/α,β-unsaturated/α-hetero) is 2. The van der Waals surface area contributed by atoms with Crippen molar-refractivity contribution < 1.29 is 9.59 Å². The monoisotopic (exact) mass is 458 g/mol. The van der Waals surface area contributed by atoms with E-state index >= 15 is 0 Å². The minimum atomic E-state index is -0.327. The maximum absolute atomic E-state index is 13.3. The highest BCUT2D eigenvalue weighted by Gasteiger charge is 2.41. The number of benzene rings is 2. The van der Waals surface area contributed by atoms with Gasteiger partial charge in [0.15, 0.2) is 11.6 Å². The third kappa shape index (κ3) is 4.25. The molecular formula is C26H26N4O2S. The third-order valence-electron chi connectivity index (χ3n) is 6.13. The number of ketones is 2. The summed E-state index contributed by atoms with van der Waals surface area (Å²) in [6.45, 7) is 6.28. The molecule has 1 aromatic heterocycles. The molecular weight excluding hydrogens is 432 g/mol. The number of fused-ring (bicyclic) bond motifs is 1. The number of aromatic nitrogens is 3. The summed E-state index contributed by atoms with van der Waals surface area (Å²) in [6, 6.07) is 17.1. The fourth-order valence-electron chi connectivity index (χ4n) is 4.54. The summed E-state index contributed by atoms with van der Waals surface area (Å²) in [7, 11) is 0. The molecule has 33 heavy (non-hydrogen) atoms. The second-order valence-electron chi connectivity index (χ2n) is 9.51. The second-order valence-corrected chi connectivity index (χ2v) is 10.5. The number of hydrogen-bond donors (Lipinski definition) is 1. The van der Waals surface area contributed by atoms with Crippen LogP contribution in [0.25, 0.3) is 0 Å². The summed E-state index contributed by atoms with van der Waals surface area (Å²) < 4.78 is 1.80. The number of hydrogen-bond acceptors (Lipinski definition) is 6. The molecule has 1 aliphatic heterocycles. The first kappa shape index (κ1) is 21.6. The molecule has 0 saturated heterocycles. The van der Waals surface area contributed by atoms with Crippen LogP contribution in [-0.2, 0) is 4.79 Å².